The number of carbonyl (C=O) groups excluding carboxylic acids is 4. The zero-order valence-corrected chi connectivity index (χ0v) is 49.6. The molecule has 0 aliphatic carbocycles. The molecule has 0 bridgehead atoms. The van der Waals surface area contributed by atoms with Gasteiger partial charge in [0.15, 0.2) is 12.6 Å². The summed E-state index contributed by atoms with van der Waals surface area (Å²) < 4.78 is 119. The Bertz CT molecular complexity index is 2970. The Kier molecular flexibility index (Phi) is 23.6. The van der Waals surface area contributed by atoms with Gasteiger partial charge in [0.1, 0.15) is 13.2 Å². The van der Waals surface area contributed by atoms with Crippen LogP contribution in [0.4, 0.5) is 47.3 Å². The topological polar surface area (TPSA) is 184 Å². The Hall–Kier alpha value is -7.76. The number of alkyl halides is 6. The maximum Gasteiger partial charge on any atom is 0.416 e. The minimum Gasteiger partial charge on any atom is -0.460 e. The number of ether oxygens (including phenoxy) is 6. The van der Waals surface area contributed by atoms with Crippen molar-refractivity contribution < 1.29 is 73.9 Å². The number of halogens is 6. The second kappa shape index (κ2) is 31.4. The Morgan fingerprint density at radius 3 is 1.22 bits per heavy atom. The minimum atomic E-state index is -4.72. The van der Waals surface area contributed by atoms with Crippen molar-refractivity contribution in [1.29, 1.82) is 10.5 Å². The van der Waals surface area contributed by atoms with Gasteiger partial charge in [-0.2, -0.15) is 36.9 Å². The number of nitrogens with zero attached hydrogens (tertiary/aromatic N) is 6. The number of anilines is 2. The average molecular weight is 1230 g/mol. The van der Waals surface area contributed by atoms with Gasteiger partial charge in [-0.25, -0.2) is 19.2 Å². The summed E-state index contributed by atoms with van der Waals surface area (Å²) >= 11 is 0. The van der Waals surface area contributed by atoms with Crippen LogP contribution in [0.3, 0.4) is 0 Å². The molecule has 4 atom stereocenters. The van der Waals surface area contributed by atoms with E-state index in [1.54, 1.807) is 48.5 Å². The van der Waals surface area contributed by atoms with E-state index in [0.29, 0.717) is 74.0 Å². The maximum absolute atomic E-state index is 14.8. The van der Waals surface area contributed by atoms with E-state index in [1.807, 2.05) is 0 Å². The highest BCUT2D eigenvalue weighted by molar-refractivity contribution is 6.04. The van der Waals surface area contributed by atoms with E-state index in [2.05, 4.69) is 12.1 Å². The van der Waals surface area contributed by atoms with Gasteiger partial charge >= 0.3 is 36.4 Å². The summed E-state index contributed by atoms with van der Waals surface area (Å²) in [4.78, 5) is 63.4. The molecular formula is C66H74F6N6O10. The van der Waals surface area contributed by atoms with Gasteiger partial charge in [0.05, 0.1) is 82.2 Å². The molecule has 0 saturated carbocycles. The number of hydrogen-bond donors (Lipinski definition) is 0. The molecule has 4 aromatic rings. The smallest absolute Gasteiger partial charge is 0.416 e. The van der Waals surface area contributed by atoms with E-state index >= 15 is 0 Å². The zero-order valence-electron chi connectivity index (χ0n) is 49.6. The van der Waals surface area contributed by atoms with Crippen molar-refractivity contribution >= 4 is 35.4 Å². The fraction of sp³-hybridized carbons (Fsp3) is 0.485. The van der Waals surface area contributed by atoms with Crippen LogP contribution in [0.2, 0.25) is 0 Å². The van der Waals surface area contributed by atoms with Gasteiger partial charge in [-0.05, 0) is 137 Å². The third-order valence-electron chi connectivity index (χ3n) is 16.1. The van der Waals surface area contributed by atoms with Crippen LogP contribution in [-0.4, -0.2) is 99.1 Å². The molecular weight excluding hydrogens is 1150 g/mol. The molecule has 4 aromatic carbocycles. The lowest BCUT2D eigenvalue weighted by molar-refractivity contribution is -0.172. The van der Waals surface area contributed by atoms with E-state index in [9.17, 15) is 56.0 Å². The van der Waals surface area contributed by atoms with E-state index in [-0.39, 0.29) is 73.4 Å². The number of unbranched alkanes of at least 4 members (excludes halogenated alkanes) is 9. The quantitative estimate of drug-likeness (QED) is 0.0313. The van der Waals surface area contributed by atoms with Gasteiger partial charge in [-0.1, -0.05) is 87.8 Å². The molecule has 2 fully saturated rings. The third-order valence-corrected chi connectivity index (χ3v) is 16.1. The van der Waals surface area contributed by atoms with Crippen LogP contribution in [0.25, 0.3) is 0 Å². The molecule has 4 unspecified atom stereocenters. The molecule has 22 heteroatoms. The maximum atomic E-state index is 14.8. The van der Waals surface area contributed by atoms with E-state index in [4.69, 9.17) is 28.4 Å². The molecule has 0 aromatic heterocycles. The fourth-order valence-electron chi connectivity index (χ4n) is 11.6. The molecule has 4 aliphatic heterocycles. The Labute approximate surface area is 509 Å². The van der Waals surface area contributed by atoms with Gasteiger partial charge in [-0.15, -0.1) is 0 Å². The van der Waals surface area contributed by atoms with Crippen molar-refractivity contribution in [3.63, 3.8) is 0 Å². The van der Waals surface area contributed by atoms with Gasteiger partial charge in [0.25, 0.3) is 0 Å². The second-order valence-corrected chi connectivity index (χ2v) is 22.1. The molecule has 4 amide bonds. The predicted octanol–water partition coefficient (Wildman–Crippen LogP) is 14.8. The first-order valence-corrected chi connectivity index (χ1v) is 30.2. The lowest BCUT2D eigenvalue weighted by Gasteiger charge is -2.43. The van der Waals surface area contributed by atoms with E-state index < -0.39 is 72.1 Å². The number of nitriles is 2. The summed E-state index contributed by atoms with van der Waals surface area (Å²) in [7, 11) is 0. The summed E-state index contributed by atoms with van der Waals surface area (Å²) in [6, 6.07) is 22.4. The minimum absolute atomic E-state index is 0.0259. The Morgan fingerprint density at radius 2 is 0.886 bits per heavy atom. The average Bonchev–Trinajstić information content (AvgIpc) is 0.893. The van der Waals surface area contributed by atoms with Crippen LogP contribution in [-0.2, 0) is 50.4 Å². The summed E-state index contributed by atoms with van der Waals surface area (Å²) in [5.41, 5.74) is -0.172. The van der Waals surface area contributed by atoms with Crippen LogP contribution >= 0.6 is 0 Å². The molecule has 4 aliphatic rings. The summed E-state index contributed by atoms with van der Waals surface area (Å²) in [5.74, 6) is -1.58. The van der Waals surface area contributed by atoms with Crippen molar-refractivity contribution in [3.05, 3.63) is 153 Å². The van der Waals surface area contributed by atoms with Crippen LogP contribution in [0.1, 0.15) is 162 Å². The number of hydrogen-bond acceptors (Lipinski definition) is 12. The first kappa shape index (κ1) is 66.2. The first-order chi connectivity index (χ1) is 42.4. The largest absolute Gasteiger partial charge is 0.460 e. The molecule has 2 saturated heterocycles. The van der Waals surface area contributed by atoms with Crippen molar-refractivity contribution in [1.82, 2.24) is 9.80 Å². The number of urea groups is 2. The molecule has 0 radical (unpaired) electrons. The Balaban J connectivity index is 0.899. The van der Waals surface area contributed by atoms with Gasteiger partial charge < -0.3 is 38.2 Å². The lowest BCUT2D eigenvalue weighted by atomic mass is 9.91. The summed E-state index contributed by atoms with van der Waals surface area (Å²) in [6.45, 7) is 4.09. The van der Waals surface area contributed by atoms with E-state index in [0.717, 1.165) is 98.3 Å². The van der Waals surface area contributed by atoms with Crippen molar-refractivity contribution in [2.75, 3.05) is 62.5 Å². The van der Waals surface area contributed by atoms with Crippen LogP contribution in [0.5, 0.6) is 0 Å². The van der Waals surface area contributed by atoms with Crippen LogP contribution < -0.4 is 9.80 Å². The van der Waals surface area contributed by atoms with Gasteiger partial charge in [0.2, 0.25) is 0 Å². The molecule has 470 valence electrons. The molecule has 0 N–H and O–H groups in total. The lowest BCUT2D eigenvalue weighted by Crippen LogP contribution is -2.51. The second-order valence-electron chi connectivity index (χ2n) is 22.1. The van der Waals surface area contributed by atoms with Crippen molar-refractivity contribution in [2.45, 2.75) is 154 Å². The van der Waals surface area contributed by atoms with Crippen LogP contribution in [0.15, 0.2) is 120 Å². The number of carbonyl (C=O) groups is 4. The number of benzene rings is 4. The van der Waals surface area contributed by atoms with E-state index in [1.165, 1.54) is 47.9 Å². The highest BCUT2D eigenvalue weighted by Crippen LogP contribution is 2.44. The zero-order chi connectivity index (χ0) is 62.8. The molecule has 0 spiro atoms. The fourth-order valence-corrected chi connectivity index (χ4v) is 11.6. The monoisotopic (exact) mass is 1220 g/mol. The van der Waals surface area contributed by atoms with Gasteiger partial charge in [-0.3, -0.25) is 9.80 Å². The first-order valence-electron chi connectivity index (χ1n) is 30.2. The molecule has 4 heterocycles. The number of allylic oxidation sites excluding steroid dienone is 2. The Morgan fingerprint density at radius 1 is 0.523 bits per heavy atom. The van der Waals surface area contributed by atoms with Gasteiger partial charge in [0, 0.05) is 37.7 Å². The van der Waals surface area contributed by atoms with Crippen molar-refractivity contribution in [3.8, 4) is 12.1 Å². The number of amides is 4. The number of rotatable bonds is 27. The normalized spacial score (nSPS) is 19.4. The standard InChI is InChI=1S/C66H74F6N6O10/c1-45-57(61(79)87-39-37-85-55-23-11-15-35-83-55)59(49-29-25-47(43-73)26-30-49)75(63(81)77(45)53-21-17-19-51(41-53)65(67,68)69)33-13-9-7-5-3-4-6-8-10-14-34-76-60(50-31-27-48(44-74)28-32-50)58(62(80)88-40-38-86-56-24-12-16-36-84-56)46(2)78(64(76)82)54-22-18-20-52(42-54)66(70,71)72/h17-22,25-32,41-42,55-56,59-60H,3-16,23-24,33-40H2,1-2H3. The SMILES string of the molecule is CC1=C(C(=O)OCCOC2CCCCO2)C(c2ccc(C#N)cc2)N(CCCCCCCCCCCCN2C(=O)N(c3cccc(C(F)(F)F)c3)C(C)=C(C(=O)OCCOC3CCCCO3)C2c2ccc(C#N)cc2)C(=O)N1c1cccc(C(F)(F)F)c1. The predicted molar refractivity (Wildman–Crippen MR) is 312 cm³/mol. The third kappa shape index (κ3) is 17.1. The van der Waals surface area contributed by atoms with Crippen molar-refractivity contribution in [2.24, 2.45) is 0 Å². The molecule has 88 heavy (non-hydrogen) atoms. The molecule has 16 nitrogen and oxygen atoms in total. The number of esters is 2. The van der Waals surface area contributed by atoms with Crippen LogP contribution in [0, 0.1) is 22.7 Å². The highest BCUT2D eigenvalue weighted by atomic mass is 19.4. The summed E-state index contributed by atoms with van der Waals surface area (Å²) in [6.07, 6.45) is 2.07. The highest BCUT2D eigenvalue weighted by Gasteiger charge is 2.45. The summed E-state index contributed by atoms with van der Waals surface area (Å²) in [5, 5.41) is 19.2. The molecule has 8 rings (SSSR count).